The first-order valence-corrected chi connectivity index (χ1v) is 10.0. The zero-order valence-corrected chi connectivity index (χ0v) is 16.7. The number of amides is 3. The van der Waals surface area contributed by atoms with Crippen molar-refractivity contribution in [3.05, 3.63) is 46.2 Å². The quantitative estimate of drug-likeness (QED) is 0.858. The third kappa shape index (κ3) is 3.58. The highest BCUT2D eigenvalue weighted by atomic mass is 35.5. The number of nitrogens with two attached hydrogens (primary N) is 1. The number of halogens is 1. The Morgan fingerprint density at radius 2 is 1.86 bits per heavy atom. The monoisotopic (exact) mass is 401 g/mol. The summed E-state index contributed by atoms with van der Waals surface area (Å²) in [4.78, 5) is 28.1. The number of hydrogen-bond donors (Lipinski definition) is 1. The number of hydrogen-bond acceptors (Lipinski definition) is 3. The molecule has 2 heterocycles. The number of aryl methyl sites for hydroxylation is 1. The molecule has 3 amide bonds. The van der Waals surface area contributed by atoms with Gasteiger partial charge in [0.1, 0.15) is 0 Å². The molecule has 28 heavy (non-hydrogen) atoms. The summed E-state index contributed by atoms with van der Waals surface area (Å²) < 4.78 is 1.85. The van der Waals surface area contributed by atoms with Crippen molar-refractivity contribution < 1.29 is 9.59 Å². The molecular weight excluding hydrogens is 378 g/mol. The molecule has 0 spiro atoms. The maximum atomic E-state index is 13.3. The van der Waals surface area contributed by atoms with Crippen LogP contribution in [0.4, 0.5) is 4.79 Å². The Kier molecular flexibility index (Phi) is 5.02. The van der Waals surface area contributed by atoms with Gasteiger partial charge < -0.3 is 15.5 Å². The fourth-order valence-corrected chi connectivity index (χ4v) is 3.88. The fraction of sp³-hybridized carbons (Fsp3) is 0.450. The molecule has 4 rings (SSSR count). The predicted molar refractivity (Wildman–Crippen MR) is 107 cm³/mol. The van der Waals surface area contributed by atoms with Crippen LogP contribution in [0, 0.1) is 6.92 Å². The Bertz CT molecular complexity index is 921. The Morgan fingerprint density at radius 3 is 2.54 bits per heavy atom. The zero-order valence-electron chi connectivity index (χ0n) is 15.9. The number of carbonyl (C=O) groups excluding carboxylic acids is 2. The predicted octanol–water partition coefficient (Wildman–Crippen LogP) is 2.94. The van der Waals surface area contributed by atoms with Crippen molar-refractivity contribution in [3.63, 3.8) is 0 Å². The van der Waals surface area contributed by atoms with E-state index in [1.807, 2.05) is 29.8 Å². The van der Waals surface area contributed by atoms with Crippen molar-refractivity contribution in [1.29, 1.82) is 0 Å². The van der Waals surface area contributed by atoms with Gasteiger partial charge in [-0.05, 0) is 43.9 Å². The van der Waals surface area contributed by atoms with Crippen LogP contribution in [0.2, 0.25) is 5.02 Å². The van der Waals surface area contributed by atoms with Gasteiger partial charge >= 0.3 is 6.03 Å². The van der Waals surface area contributed by atoms with E-state index in [1.54, 1.807) is 16.0 Å². The Labute approximate surface area is 169 Å². The maximum Gasteiger partial charge on any atom is 0.314 e. The molecule has 1 aromatic heterocycles. The fourth-order valence-electron chi connectivity index (χ4n) is 3.70. The molecule has 0 unspecified atom stereocenters. The van der Waals surface area contributed by atoms with Gasteiger partial charge in [0.2, 0.25) is 0 Å². The van der Waals surface area contributed by atoms with Gasteiger partial charge in [-0.2, -0.15) is 5.10 Å². The average molecular weight is 402 g/mol. The normalized spacial score (nSPS) is 17.5. The van der Waals surface area contributed by atoms with E-state index in [-0.39, 0.29) is 5.91 Å². The van der Waals surface area contributed by atoms with E-state index in [9.17, 15) is 9.59 Å². The number of rotatable bonds is 3. The number of carbonyl (C=O) groups is 2. The summed E-state index contributed by atoms with van der Waals surface area (Å²) in [5.74, 6) is 0.313. The molecule has 1 aliphatic carbocycles. The molecular formula is C20H24ClN5O2. The van der Waals surface area contributed by atoms with E-state index in [2.05, 4.69) is 5.10 Å². The van der Waals surface area contributed by atoms with E-state index in [0.29, 0.717) is 42.7 Å². The third-order valence-corrected chi connectivity index (χ3v) is 5.90. The summed E-state index contributed by atoms with van der Waals surface area (Å²) in [7, 11) is 0. The van der Waals surface area contributed by atoms with E-state index >= 15 is 0 Å². The molecule has 0 atom stereocenters. The van der Waals surface area contributed by atoms with Gasteiger partial charge in [-0.25, -0.2) is 9.48 Å². The average Bonchev–Trinajstić information content (AvgIpc) is 3.46. The van der Waals surface area contributed by atoms with Crippen molar-refractivity contribution in [2.75, 3.05) is 26.2 Å². The Balaban J connectivity index is 1.63. The largest absolute Gasteiger partial charge is 0.351 e. The lowest BCUT2D eigenvalue weighted by Crippen LogP contribution is -2.39. The summed E-state index contributed by atoms with van der Waals surface area (Å²) in [5, 5.41) is 5.21. The van der Waals surface area contributed by atoms with E-state index in [4.69, 9.17) is 17.3 Å². The number of benzene rings is 1. The minimum atomic E-state index is -0.433. The lowest BCUT2D eigenvalue weighted by molar-refractivity contribution is 0.0761. The minimum Gasteiger partial charge on any atom is -0.351 e. The Morgan fingerprint density at radius 1 is 1.14 bits per heavy atom. The molecule has 1 aromatic carbocycles. The second-order valence-electron chi connectivity index (χ2n) is 7.53. The lowest BCUT2D eigenvalue weighted by atomic mass is 10.1. The van der Waals surface area contributed by atoms with Crippen molar-refractivity contribution in [1.82, 2.24) is 19.6 Å². The molecule has 0 bridgehead atoms. The third-order valence-electron chi connectivity index (χ3n) is 5.50. The van der Waals surface area contributed by atoms with Crippen LogP contribution >= 0.6 is 11.6 Å². The van der Waals surface area contributed by atoms with Crippen LogP contribution in [0.5, 0.6) is 0 Å². The first kappa shape index (κ1) is 18.8. The number of urea groups is 1. The molecule has 148 valence electrons. The molecule has 8 heteroatoms. The number of primary amides is 1. The highest BCUT2D eigenvalue weighted by Crippen LogP contribution is 2.43. The van der Waals surface area contributed by atoms with Crippen LogP contribution in [0.3, 0.4) is 0 Å². The molecule has 0 radical (unpaired) electrons. The van der Waals surface area contributed by atoms with Crippen LogP contribution < -0.4 is 5.73 Å². The van der Waals surface area contributed by atoms with Crippen LogP contribution in [0.15, 0.2) is 24.4 Å². The van der Waals surface area contributed by atoms with E-state index in [1.165, 1.54) is 0 Å². The first-order valence-electron chi connectivity index (χ1n) is 9.64. The van der Waals surface area contributed by atoms with Gasteiger partial charge in [-0.1, -0.05) is 17.7 Å². The van der Waals surface area contributed by atoms with Crippen LogP contribution in [-0.4, -0.2) is 57.7 Å². The molecule has 2 aromatic rings. The van der Waals surface area contributed by atoms with Crippen molar-refractivity contribution >= 4 is 23.5 Å². The second-order valence-corrected chi connectivity index (χ2v) is 7.94. The van der Waals surface area contributed by atoms with E-state index in [0.717, 1.165) is 36.2 Å². The highest BCUT2D eigenvalue weighted by molar-refractivity contribution is 6.31. The first-order chi connectivity index (χ1) is 13.5. The maximum absolute atomic E-state index is 13.3. The molecule has 1 aliphatic heterocycles. The van der Waals surface area contributed by atoms with Crippen molar-refractivity contribution in [3.8, 4) is 5.69 Å². The molecule has 7 nitrogen and oxygen atoms in total. The highest BCUT2D eigenvalue weighted by Gasteiger charge is 2.34. The smallest absolute Gasteiger partial charge is 0.314 e. The number of aromatic nitrogens is 2. The summed E-state index contributed by atoms with van der Waals surface area (Å²) in [6.45, 7) is 4.08. The lowest BCUT2D eigenvalue weighted by Gasteiger charge is -2.21. The van der Waals surface area contributed by atoms with Gasteiger partial charge in [0.05, 0.1) is 23.1 Å². The van der Waals surface area contributed by atoms with Gasteiger partial charge in [0, 0.05) is 37.1 Å². The SMILES string of the molecule is Cc1ccc(-n2ncc(C(=O)N3CCCN(C(N)=O)CC3)c2C2CC2)cc1Cl. The van der Waals surface area contributed by atoms with Gasteiger partial charge in [-0.3, -0.25) is 4.79 Å². The summed E-state index contributed by atoms with van der Waals surface area (Å²) in [6.07, 6.45) is 4.50. The van der Waals surface area contributed by atoms with Crippen LogP contribution in [0.1, 0.15) is 46.8 Å². The van der Waals surface area contributed by atoms with Crippen LogP contribution in [0.25, 0.3) is 5.69 Å². The second kappa shape index (κ2) is 7.47. The molecule has 1 saturated carbocycles. The standard InChI is InChI=1S/C20H24ClN5O2/c1-13-3-6-15(11-17(13)21)26-18(14-4-5-14)16(12-23-26)19(27)24-7-2-8-25(10-9-24)20(22)28/h3,6,11-12,14H,2,4-5,7-10H2,1H3,(H2,22,28). The summed E-state index contributed by atoms with van der Waals surface area (Å²) >= 11 is 6.30. The van der Waals surface area contributed by atoms with Gasteiger partial charge in [0.15, 0.2) is 0 Å². The van der Waals surface area contributed by atoms with Gasteiger partial charge in [0.25, 0.3) is 5.91 Å². The van der Waals surface area contributed by atoms with Crippen molar-refractivity contribution in [2.24, 2.45) is 5.73 Å². The van der Waals surface area contributed by atoms with Gasteiger partial charge in [-0.15, -0.1) is 0 Å². The minimum absolute atomic E-state index is 0.0299. The Hall–Kier alpha value is -2.54. The van der Waals surface area contributed by atoms with Crippen molar-refractivity contribution in [2.45, 2.75) is 32.1 Å². The van der Waals surface area contributed by atoms with E-state index < -0.39 is 6.03 Å². The topological polar surface area (TPSA) is 84.5 Å². The molecule has 2 fully saturated rings. The van der Waals surface area contributed by atoms with Crippen LogP contribution in [-0.2, 0) is 0 Å². The molecule has 2 N–H and O–H groups in total. The number of nitrogens with zero attached hydrogens (tertiary/aromatic N) is 4. The molecule has 2 aliphatic rings. The summed E-state index contributed by atoms with van der Waals surface area (Å²) in [6, 6.07) is 5.40. The molecule has 1 saturated heterocycles. The zero-order chi connectivity index (χ0) is 19.8. The summed E-state index contributed by atoms with van der Waals surface area (Å²) in [5.41, 5.74) is 8.87.